The van der Waals surface area contributed by atoms with Crippen LogP contribution in [0.5, 0.6) is 11.5 Å². The summed E-state index contributed by atoms with van der Waals surface area (Å²) in [6.45, 7) is 0.225. The maximum Gasteiger partial charge on any atom is 0.223 e. The van der Waals surface area contributed by atoms with Gasteiger partial charge in [0.2, 0.25) is 5.28 Å². The lowest BCUT2D eigenvalue weighted by molar-refractivity contribution is 0.375. The monoisotopic (exact) mass is 331 g/mol. The fraction of sp³-hybridized carbons (Fsp3) is 0.231. The number of aromatic nitrogens is 2. The molecular formula is C13H12Cl2FN3O2. The third-order valence-electron chi connectivity index (χ3n) is 2.72. The first-order chi connectivity index (χ1) is 10.0. The van der Waals surface area contributed by atoms with Crippen LogP contribution in [0.4, 0.5) is 10.1 Å². The van der Waals surface area contributed by atoms with E-state index in [2.05, 4.69) is 15.3 Å². The number of anilines is 1. The third-order valence-corrected chi connectivity index (χ3v) is 3.23. The van der Waals surface area contributed by atoms with E-state index in [1.54, 1.807) is 0 Å². The summed E-state index contributed by atoms with van der Waals surface area (Å²) in [5.74, 6) is 0.0220. The van der Waals surface area contributed by atoms with Crippen molar-refractivity contribution in [2.75, 3.05) is 19.5 Å². The van der Waals surface area contributed by atoms with Crippen LogP contribution in [0.15, 0.2) is 18.3 Å². The molecule has 0 saturated heterocycles. The van der Waals surface area contributed by atoms with Crippen molar-refractivity contribution >= 4 is 28.9 Å². The van der Waals surface area contributed by atoms with Gasteiger partial charge in [0.1, 0.15) is 10.9 Å². The lowest BCUT2D eigenvalue weighted by atomic mass is 10.2. The molecule has 0 aliphatic heterocycles. The Hall–Kier alpha value is -1.79. The molecule has 0 radical (unpaired) electrons. The van der Waals surface area contributed by atoms with E-state index in [1.807, 2.05) is 0 Å². The van der Waals surface area contributed by atoms with Gasteiger partial charge in [0, 0.05) is 30.4 Å². The van der Waals surface area contributed by atoms with E-state index in [1.165, 1.54) is 32.5 Å². The second-order valence-electron chi connectivity index (χ2n) is 4.00. The van der Waals surface area contributed by atoms with Gasteiger partial charge >= 0.3 is 0 Å². The Bertz CT molecular complexity index is 656. The number of methoxy groups -OCH3 is 2. The topological polar surface area (TPSA) is 56.3 Å². The average Bonchev–Trinajstić information content (AvgIpc) is 2.47. The molecule has 0 atom stereocenters. The predicted octanol–water partition coefficient (Wildman–Crippen LogP) is 3.55. The Morgan fingerprint density at radius 1 is 1.24 bits per heavy atom. The number of benzene rings is 1. The van der Waals surface area contributed by atoms with E-state index in [9.17, 15) is 4.39 Å². The van der Waals surface area contributed by atoms with Crippen LogP contribution in [0.25, 0.3) is 0 Å². The molecular weight excluding hydrogens is 320 g/mol. The van der Waals surface area contributed by atoms with Crippen LogP contribution in [-0.4, -0.2) is 24.2 Å². The SMILES string of the molecule is COc1cc(NCc2cnc(Cl)nc2Cl)c(F)c(OC)c1. The smallest absolute Gasteiger partial charge is 0.223 e. The fourth-order valence-electron chi connectivity index (χ4n) is 1.64. The summed E-state index contributed by atoms with van der Waals surface area (Å²) >= 11 is 11.6. The van der Waals surface area contributed by atoms with Gasteiger partial charge in [-0.2, -0.15) is 0 Å². The minimum absolute atomic E-state index is 0.0537. The van der Waals surface area contributed by atoms with Gasteiger partial charge < -0.3 is 14.8 Å². The fourth-order valence-corrected chi connectivity index (χ4v) is 2.01. The zero-order valence-electron chi connectivity index (χ0n) is 11.3. The van der Waals surface area contributed by atoms with E-state index in [0.29, 0.717) is 11.3 Å². The van der Waals surface area contributed by atoms with Crippen LogP contribution in [0, 0.1) is 5.82 Å². The van der Waals surface area contributed by atoms with Crippen molar-refractivity contribution in [1.29, 1.82) is 0 Å². The Balaban J connectivity index is 2.23. The minimum atomic E-state index is -0.524. The summed E-state index contributed by atoms with van der Waals surface area (Å²) < 4.78 is 24.2. The molecule has 0 saturated carbocycles. The number of rotatable bonds is 5. The molecule has 0 bridgehead atoms. The first kappa shape index (κ1) is 15.6. The van der Waals surface area contributed by atoms with E-state index in [0.717, 1.165) is 0 Å². The maximum atomic E-state index is 14.1. The number of halogens is 3. The van der Waals surface area contributed by atoms with Crippen molar-refractivity contribution in [3.05, 3.63) is 40.1 Å². The highest BCUT2D eigenvalue weighted by Gasteiger charge is 2.13. The molecule has 0 fully saturated rings. The van der Waals surface area contributed by atoms with Gasteiger partial charge in [0.25, 0.3) is 0 Å². The molecule has 0 aliphatic carbocycles. The Kier molecular flexibility index (Phi) is 5.03. The second kappa shape index (κ2) is 6.78. The Labute approximate surface area is 131 Å². The number of nitrogens with zero attached hydrogens (tertiary/aromatic N) is 2. The van der Waals surface area contributed by atoms with E-state index < -0.39 is 5.82 Å². The second-order valence-corrected chi connectivity index (χ2v) is 4.70. The van der Waals surface area contributed by atoms with E-state index in [-0.39, 0.29) is 28.4 Å². The number of hydrogen-bond acceptors (Lipinski definition) is 5. The molecule has 2 rings (SSSR count). The largest absolute Gasteiger partial charge is 0.497 e. The van der Waals surface area contributed by atoms with Gasteiger partial charge in [-0.3, -0.25) is 0 Å². The van der Waals surface area contributed by atoms with Gasteiger partial charge in [0.05, 0.1) is 19.9 Å². The van der Waals surface area contributed by atoms with Gasteiger partial charge in [-0.25, -0.2) is 14.4 Å². The van der Waals surface area contributed by atoms with E-state index >= 15 is 0 Å². The van der Waals surface area contributed by atoms with Crippen molar-refractivity contribution in [3.8, 4) is 11.5 Å². The summed E-state index contributed by atoms with van der Waals surface area (Å²) in [7, 11) is 2.87. The number of nitrogens with one attached hydrogen (secondary N) is 1. The molecule has 0 spiro atoms. The maximum absolute atomic E-state index is 14.1. The molecule has 1 aromatic carbocycles. The zero-order valence-corrected chi connectivity index (χ0v) is 12.8. The van der Waals surface area contributed by atoms with Crippen LogP contribution in [0.2, 0.25) is 10.4 Å². The molecule has 1 N–H and O–H groups in total. The lowest BCUT2D eigenvalue weighted by Crippen LogP contribution is -2.05. The molecule has 0 unspecified atom stereocenters. The van der Waals surface area contributed by atoms with Crippen LogP contribution < -0.4 is 14.8 Å². The predicted molar refractivity (Wildman–Crippen MR) is 78.9 cm³/mol. The number of ether oxygens (including phenoxy) is 2. The summed E-state index contributed by atoms with van der Waals surface area (Å²) in [4.78, 5) is 7.64. The molecule has 0 amide bonds. The highest BCUT2D eigenvalue weighted by Crippen LogP contribution is 2.31. The van der Waals surface area contributed by atoms with Crippen LogP contribution in [0.1, 0.15) is 5.56 Å². The number of hydrogen-bond donors (Lipinski definition) is 1. The molecule has 1 heterocycles. The zero-order chi connectivity index (χ0) is 15.4. The van der Waals surface area contributed by atoms with Crippen LogP contribution in [0.3, 0.4) is 0 Å². The van der Waals surface area contributed by atoms with E-state index in [4.69, 9.17) is 32.7 Å². The summed E-state index contributed by atoms with van der Waals surface area (Å²) in [6.07, 6.45) is 1.47. The molecule has 2 aromatic rings. The van der Waals surface area contributed by atoms with Gasteiger partial charge in [-0.15, -0.1) is 0 Å². The normalized spacial score (nSPS) is 10.3. The minimum Gasteiger partial charge on any atom is -0.497 e. The van der Waals surface area contributed by atoms with Crippen LogP contribution in [-0.2, 0) is 6.54 Å². The molecule has 112 valence electrons. The summed E-state index contributed by atoms with van der Waals surface area (Å²) in [5, 5.41) is 3.16. The van der Waals surface area contributed by atoms with Gasteiger partial charge in [-0.05, 0) is 11.6 Å². The molecule has 8 heteroatoms. The Morgan fingerprint density at radius 2 is 2.00 bits per heavy atom. The summed E-state index contributed by atoms with van der Waals surface area (Å²) in [5.41, 5.74) is 0.805. The lowest BCUT2D eigenvalue weighted by Gasteiger charge is -2.12. The first-order valence-electron chi connectivity index (χ1n) is 5.87. The standard InChI is InChI=1S/C13H12Cl2FN3O2/c1-20-8-3-9(11(16)10(4-8)21-2)17-5-7-6-18-13(15)19-12(7)14/h3-4,6,17H,5H2,1-2H3. The molecule has 0 aliphatic rings. The first-order valence-corrected chi connectivity index (χ1v) is 6.63. The highest BCUT2D eigenvalue weighted by atomic mass is 35.5. The van der Waals surface area contributed by atoms with Crippen molar-refractivity contribution in [2.24, 2.45) is 0 Å². The molecule has 1 aromatic heterocycles. The van der Waals surface area contributed by atoms with Gasteiger partial charge in [0.15, 0.2) is 11.6 Å². The molecule has 5 nitrogen and oxygen atoms in total. The quantitative estimate of drug-likeness (QED) is 0.670. The highest BCUT2D eigenvalue weighted by molar-refractivity contribution is 6.32. The van der Waals surface area contributed by atoms with Crippen LogP contribution >= 0.6 is 23.2 Å². The summed E-state index contributed by atoms with van der Waals surface area (Å²) in [6, 6.07) is 2.97. The van der Waals surface area contributed by atoms with Crippen molar-refractivity contribution in [2.45, 2.75) is 6.54 Å². The third kappa shape index (κ3) is 3.65. The average molecular weight is 332 g/mol. The van der Waals surface area contributed by atoms with Crippen molar-refractivity contribution < 1.29 is 13.9 Å². The van der Waals surface area contributed by atoms with Crippen molar-refractivity contribution in [1.82, 2.24) is 9.97 Å². The van der Waals surface area contributed by atoms with Crippen molar-refractivity contribution in [3.63, 3.8) is 0 Å². The Morgan fingerprint density at radius 3 is 2.62 bits per heavy atom. The molecule has 21 heavy (non-hydrogen) atoms. The van der Waals surface area contributed by atoms with Gasteiger partial charge in [-0.1, -0.05) is 11.6 Å².